The summed E-state index contributed by atoms with van der Waals surface area (Å²) in [5, 5.41) is 4.54. The van der Waals surface area contributed by atoms with Crippen LogP contribution in [0.1, 0.15) is 36.8 Å². The molecular formula is C12H15ClN4O. The molecule has 2 rings (SSSR count). The van der Waals surface area contributed by atoms with Crippen molar-refractivity contribution in [2.45, 2.75) is 27.2 Å². The number of fused-ring (bicyclic) bond motifs is 1. The van der Waals surface area contributed by atoms with Crippen LogP contribution in [0.5, 0.6) is 0 Å². The molecule has 0 amide bonds. The monoisotopic (exact) mass is 266 g/mol. The minimum atomic E-state index is -0.0697. The van der Waals surface area contributed by atoms with Crippen molar-refractivity contribution in [3.8, 4) is 0 Å². The fraction of sp³-hybridized carbons (Fsp3) is 0.417. The van der Waals surface area contributed by atoms with Gasteiger partial charge in [-0.25, -0.2) is 9.50 Å². The number of nitrogens with two attached hydrogens (primary N) is 1. The van der Waals surface area contributed by atoms with Crippen molar-refractivity contribution in [1.29, 1.82) is 0 Å². The standard InChI is InChI=1S/C12H15ClN4O/c1-6(2)4-8-10(7(3)18)11(13)9-5-15-12(14)16-17(8)9/h5-6H,4H2,1-3H3,(H2,14,16). The number of rotatable bonds is 3. The number of nitrogen functional groups attached to an aromatic ring is 1. The second kappa shape index (κ2) is 4.57. The van der Waals surface area contributed by atoms with E-state index in [0.717, 1.165) is 5.69 Å². The molecule has 2 aromatic rings. The Morgan fingerprint density at radius 3 is 2.78 bits per heavy atom. The third-order valence-corrected chi connectivity index (χ3v) is 3.07. The highest BCUT2D eigenvalue weighted by Crippen LogP contribution is 2.29. The molecule has 2 heterocycles. The molecule has 6 heteroatoms. The first-order chi connectivity index (χ1) is 8.41. The van der Waals surface area contributed by atoms with Gasteiger partial charge in [0, 0.05) is 0 Å². The second-order valence-electron chi connectivity index (χ2n) is 4.70. The average molecular weight is 267 g/mol. The number of hydrogen-bond acceptors (Lipinski definition) is 4. The highest BCUT2D eigenvalue weighted by molar-refractivity contribution is 6.37. The molecule has 0 spiro atoms. The van der Waals surface area contributed by atoms with Gasteiger partial charge in [0.1, 0.15) is 5.52 Å². The highest BCUT2D eigenvalue weighted by Gasteiger charge is 2.22. The highest BCUT2D eigenvalue weighted by atomic mass is 35.5. The summed E-state index contributed by atoms with van der Waals surface area (Å²) < 4.78 is 1.63. The van der Waals surface area contributed by atoms with Crippen molar-refractivity contribution in [2.24, 2.45) is 5.92 Å². The minimum Gasteiger partial charge on any atom is -0.367 e. The Labute approximate surface area is 110 Å². The van der Waals surface area contributed by atoms with Gasteiger partial charge >= 0.3 is 0 Å². The van der Waals surface area contributed by atoms with Crippen LogP contribution >= 0.6 is 11.6 Å². The van der Waals surface area contributed by atoms with E-state index in [1.807, 2.05) is 0 Å². The molecule has 0 unspecified atom stereocenters. The van der Waals surface area contributed by atoms with E-state index in [0.29, 0.717) is 28.4 Å². The van der Waals surface area contributed by atoms with E-state index in [1.54, 1.807) is 10.7 Å². The van der Waals surface area contributed by atoms with Gasteiger partial charge in [0.05, 0.1) is 22.5 Å². The molecule has 18 heavy (non-hydrogen) atoms. The van der Waals surface area contributed by atoms with Crippen LogP contribution in [0.2, 0.25) is 5.02 Å². The minimum absolute atomic E-state index is 0.0697. The van der Waals surface area contributed by atoms with E-state index < -0.39 is 0 Å². The van der Waals surface area contributed by atoms with Gasteiger partial charge in [-0.3, -0.25) is 4.79 Å². The molecule has 0 aliphatic heterocycles. The van der Waals surface area contributed by atoms with Gasteiger partial charge < -0.3 is 5.73 Å². The number of ketones is 1. The summed E-state index contributed by atoms with van der Waals surface area (Å²) in [4.78, 5) is 15.7. The van der Waals surface area contributed by atoms with Crippen LogP contribution in [0.15, 0.2) is 6.20 Å². The van der Waals surface area contributed by atoms with Crippen LogP contribution in [-0.4, -0.2) is 20.4 Å². The Kier molecular flexibility index (Phi) is 3.26. The summed E-state index contributed by atoms with van der Waals surface area (Å²) in [6.45, 7) is 5.64. The zero-order chi connectivity index (χ0) is 13.4. The van der Waals surface area contributed by atoms with Crippen LogP contribution in [0.3, 0.4) is 0 Å². The van der Waals surface area contributed by atoms with Gasteiger partial charge in [-0.05, 0) is 19.3 Å². The van der Waals surface area contributed by atoms with Gasteiger partial charge in [-0.1, -0.05) is 25.4 Å². The fourth-order valence-corrected chi connectivity index (χ4v) is 2.38. The molecule has 0 radical (unpaired) electrons. The molecular weight excluding hydrogens is 252 g/mol. The van der Waals surface area contributed by atoms with Gasteiger partial charge in [0.25, 0.3) is 0 Å². The molecule has 0 aliphatic carbocycles. The van der Waals surface area contributed by atoms with Gasteiger partial charge in [-0.15, -0.1) is 5.10 Å². The lowest BCUT2D eigenvalue weighted by atomic mass is 10.0. The maximum atomic E-state index is 11.7. The number of Topliss-reactive ketones (excluding diaryl/α,β-unsaturated/α-hetero) is 1. The van der Waals surface area contributed by atoms with E-state index in [4.69, 9.17) is 17.3 Å². The molecule has 5 nitrogen and oxygen atoms in total. The van der Waals surface area contributed by atoms with Crippen molar-refractivity contribution in [3.05, 3.63) is 22.5 Å². The summed E-state index contributed by atoms with van der Waals surface area (Å²) in [6, 6.07) is 0. The second-order valence-corrected chi connectivity index (χ2v) is 5.08. The molecule has 0 atom stereocenters. The third-order valence-electron chi connectivity index (χ3n) is 2.69. The van der Waals surface area contributed by atoms with Crippen molar-refractivity contribution in [1.82, 2.24) is 14.6 Å². The van der Waals surface area contributed by atoms with Crippen LogP contribution in [0.4, 0.5) is 5.95 Å². The van der Waals surface area contributed by atoms with Crippen molar-refractivity contribution in [3.63, 3.8) is 0 Å². The van der Waals surface area contributed by atoms with Crippen LogP contribution in [0, 0.1) is 5.92 Å². The first-order valence-electron chi connectivity index (χ1n) is 5.74. The molecule has 0 fully saturated rings. The van der Waals surface area contributed by atoms with Crippen LogP contribution < -0.4 is 5.73 Å². The predicted octanol–water partition coefficient (Wildman–Crippen LogP) is 2.37. The maximum Gasteiger partial charge on any atom is 0.238 e. The Bertz CT molecular complexity index is 618. The lowest BCUT2D eigenvalue weighted by Gasteiger charge is -2.06. The van der Waals surface area contributed by atoms with E-state index in [2.05, 4.69) is 23.9 Å². The van der Waals surface area contributed by atoms with E-state index in [-0.39, 0.29) is 11.7 Å². The average Bonchev–Trinajstić information content (AvgIpc) is 2.51. The van der Waals surface area contributed by atoms with E-state index >= 15 is 0 Å². The van der Waals surface area contributed by atoms with Crippen molar-refractivity contribution >= 4 is 28.8 Å². The molecule has 0 bridgehead atoms. The Morgan fingerprint density at radius 1 is 1.56 bits per heavy atom. The summed E-state index contributed by atoms with van der Waals surface area (Å²) in [5.41, 5.74) is 7.52. The topological polar surface area (TPSA) is 73.3 Å². The van der Waals surface area contributed by atoms with Gasteiger partial charge in [0.2, 0.25) is 5.95 Å². The first kappa shape index (κ1) is 12.8. The number of aromatic nitrogens is 3. The number of nitrogens with zero attached hydrogens (tertiary/aromatic N) is 3. The summed E-state index contributed by atoms with van der Waals surface area (Å²) in [5.74, 6) is 0.474. The van der Waals surface area contributed by atoms with Crippen LogP contribution in [0.25, 0.3) is 5.52 Å². The van der Waals surface area contributed by atoms with Crippen molar-refractivity contribution in [2.75, 3.05) is 5.73 Å². The quantitative estimate of drug-likeness (QED) is 0.866. The molecule has 96 valence electrons. The molecule has 0 aliphatic rings. The summed E-state index contributed by atoms with van der Waals surface area (Å²) in [7, 11) is 0. The number of carbonyl (C=O) groups is 1. The van der Waals surface area contributed by atoms with Gasteiger partial charge in [-0.2, -0.15) is 0 Å². The largest absolute Gasteiger partial charge is 0.367 e. The number of anilines is 1. The van der Waals surface area contributed by atoms with E-state index in [9.17, 15) is 4.79 Å². The molecule has 2 N–H and O–H groups in total. The molecule has 0 saturated heterocycles. The van der Waals surface area contributed by atoms with E-state index in [1.165, 1.54) is 6.92 Å². The fourth-order valence-electron chi connectivity index (χ4n) is 2.01. The predicted molar refractivity (Wildman–Crippen MR) is 71.0 cm³/mol. The summed E-state index contributed by atoms with van der Waals surface area (Å²) in [6.07, 6.45) is 2.25. The zero-order valence-corrected chi connectivity index (χ0v) is 11.3. The maximum absolute atomic E-state index is 11.7. The van der Waals surface area contributed by atoms with Gasteiger partial charge in [0.15, 0.2) is 5.78 Å². The summed E-state index contributed by atoms with van der Waals surface area (Å²) >= 11 is 6.23. The Morgan fingerprint density at radius 2 is 2.22 bits per heavy atom. The third kappa shape index (κ3) is 2.06. The molecule has 0 saturated carbocycles. The zero-order valence-electron chi connectivity index (χ0n) is 10.6. The number of hydrogen-bond donors (Lipinski definition) is 1. The number of halogens is 1. The Hall–Kier alpha value is -1.62. The SMILES string of the molecule is CC(=O)c1c(Cl)c2cnc(N)nn2c1CC(C)C. The molecule has 0 aromatic carbocycles. The molecule has 2 aromatic heterocycles. The smallest absolute Gasteiger partial charge is 0.238 e. The number of carbonyl (C=O) groups excluding carboxylic acids is 1. The normalized spacial score (nSPS) is 11.4. The van der Waals surface area contributed by atoms with Crippen LogP contribution in [-0.2, 0) is 6.42 Å². The Balaban J connectivity index is 2.80. The first-order valence-corrected chi connectivity index (χ1v) is 6.12. The lowest BCUT2D eigenvalue weighted by molar-refractivity contribution is 0.101. The lowest BCUT2D eigenvalue weighted by Crippen LogP contribution is -2.08. The van der Waals surface area contributed by atoms with Crippen molar-refractivity contribution < 1.29 is 4.79 Å².